The van der Waals surface area contributed by atoms with Crippen molar-refractivity contribution >= 4 is 33.2 Å². The maximum Gasteiger partial charge on any atom is 0.253 e. The second kappa shape index (κ2) is 10.3. The van der Waals surface area contributed by atoms with Crippen molar-refractivity contribution in [3.63, 3.8) is 0 Å². The van der Waals surface area contributed by atoms with Crippen molar-refractivity contribution in [1.29, 1.82) is 0 Å². The number of sulfonamides is 1. The van der Waals surface area contributed by atoms with Crippen molar-refractivity contribution in [2.75, 3.05) is 22.4 Å². The zero-order valence-corrected chi connectivity index (χ0v) is 19.1. The first kappa shape index (κ1) is 24.1. The highest BCUT2D eigenvalue weighted by atomic mass is 32.2. The van der Waals surface area contributed by atoms with Crippen molar-refractivity contribution in [3.05, 3.63) is 71.8 Å². The van der Waals surface area contributed by atoms with Crippen molar-refractivity contribution in [3.8, 4) is 0 Å². The van der Waals surface area contributed by atoms with Crippen LogP contribution in [-0.2, 0) is 14.8 Å². The smallest absolute Gasteiger partial charge is 0.253 e. The Morgan fingerprint density at radius 1 is 1.13 bits per heavy atom. The lowest BCUT2D eigenvalue weighted by atomic mass is 10.1. The lowest BCUT2D eigenvalue weighted by Crippen LogP contribution is -2.47. The fourth-order valence-electron chi connectivity index (χ4n) is 3.19. The number of hydrogen-bond acceptors (Lipinski definition) is 4. The van der Waals surface area contributed by atoms with Crippen molar-refractivity contribution in [2.45, 2.75) is 33.2 Å². The van der Waals surface area contributed by atoms with E-state index >= 15 is 0 Å². The van der Waals surface area contributed by atoms with Gasteiger partial charge in [0.25, 0.3) is 5.91 Å². The summed E-state index contributed by atoms with van der Waals surface area (Å²) in [6.07, 6.45) is 2.88. The Morgan fingerprint density at radius 3 is 2.39 bits per heavy atom. The molecule has 166 valence electrons. The Morgan fingerprint density at radius 2 is 1.81 bits per heavy atom. The highest BCUT2D eigenvalue weighted by Crippen LogP contribution is 2.26. The Hall–Kier alpha value is -3.13. The largest absolute Gasteiger partial charge is 0.349 e. The van der Waals surface area contributed by atoms with Crippen LogP contribution in [0, 0.1) is 13.8 Å². The first-order valence-electron chi connectivity index (χ1n) is 9.95. The monoisotopic (exact) mass is 443 g/mol. The number of nitrogens with one attached hydrogen (secondary N) is 2. The SMILES string of the molecule is C=CCNC(=O)c1ccccc1NC(=O)[C@H](CC)N(c1ccc(C)c(C)c1)S(C)(=O)=O. The molecule has 0 aliphatic carbocycles. The first-order chi connectivity index (χ1) is 14.6. The minimum atomic E-state index is -3.75. The molecule has 0 saturated heterocycles. The molecule has 0 radical (unpaired) electrons. The van der Waals surface area contributed by atoms with Gasteiger partial charge in [-0.1, -0.05) is 31.2 Å². The van der Waals surface area contributed by atoms with Gasteiger partial charge in [0.2, 0.25) is 15.9 Å². The number of hydrogen-bond donors (Lipinski definition) is 2. The number of aryl methyl sites for hydroxylation is 2. The molecular formula is C23H29N3O4S. The number of nitrogens with zero attached hydrogens (tertiary/aromatic N) is 1. The molecular weight excluding hydrogens is 414 g/mol. The highest BCUT2D eigenvalue weighted by molar-refractivity contribution is 7.92. The van der Waals surface area contributed by atoms with E-state index in [1.807, 2.05) is 19.9 Å². The lowest BCUT2D eigenvalue weighted by molar-refractivity contribution is -0.117. The van der Waals surface area contributed by atoms with E-state index in [2.05, 4.69) is 17.2 Å². The van der Waals surface area contributed by atoms with Crippen molar-refractivity contribution in [1.82, 2.24) is 5.32 Å². The summed E-state index contributed by atoms with van der Waals surface area (Å²) in [5.41, 5.74) is 2.95. The number of carbonyl (C=O) groups excluding carboxylic acids is 2. The average molecular weight is 444 g/mol. The molecule has 2 aromatic rings. The fourth-order valence-corrected chi connectivity index (χ4v) is 4.39. The number of para-hydroxylation sites is 1. The van der Waals surface area contributed by atoms with Gasteiger partial charge in [-0.2, -0.15) is 0 Å². The molecule has 0 saturated carbocycles. The van der Waals surface area contributed by atoms with E-state index in [4.69, 9.17) is 0 Å². The topological polar surface area (TPSA) is 95.6 Å². The molecule has 2 amide bonds. The van der Waals surface area contributed by atoms with Crippen LogP contribution < -0.4 is 14.9 Å². The second-order valence-electron chi connectivity index (χ2n) is 7.28. The van der Waals surface area contributed by atoms with Gasteiger partial charge < -0.3 is 10.6 Å². The minimum Gasteiger partial charge on any atom is -0.349 e. The maximum absolute atomic E-state index is 13.2. The quantitative estimate of drug-likeness (QED) is 0.581. The van der Waals surface area contributed by atoms with Gasteiger partial charge in [-0.25, -0.2) is 8.42 Å². The number of amides is 2. The van der Waals surface area contributed by atoms with Crippen molar-refractivity contribution in [2.24, 2.45) is 0 Å². The average Bonchev–Trinajstić information content (AvgIpc) is 2.71. The molecule has 8 heteroatoms. The predicted molar refractivity (Wildman–Crippen MR) is 125 cm³/mol. The summed E-state index contributed by atoms with van der Waals surface area (Å²) in [5.74, 6) is -0.881. The van der Waals surface area contributed by atoms with Crippen LogP contribution in [0.4, 0.5) is 11.4 Å². The van der Waals surface area contributed by atoms with Crippen LogP contribution >= 0.6 is 0 Å². The van der Waals surface area contributed by atoms with Gasteiger partial charge in [-0.3, -0.25) is 13.9 Å². The summed E-state index contributed by atoms with van der Waals surface area (Å²) in [4.78, 5) is 25.6. The van der Waals surface area contributed by atoms with E-state index < -0.39 is 22.0 Å². The number of rotatable bonds is 9. The van der Waals surface area contributed by atoms with Crippen LogP contribution in [0.5, 0.6) is 0 Å². The third-order valence-electron chi connectivity index (χ3n) is 4.91. The first-order valence-corrected chi connectivity index (χ1v) is 11.8. The van der Waals surface area contributed by atoms with Gasteiger partial charge in [0, 0.05) is 6.54 Å². The Kier molecular flexibility index (Phi) is 7.99. The van der Waals surface area contributed by atoms with Gasteiger partial charge in [0.1, 0.15) is 6.04 Å². The Bertz CT molecular complexity index is 1080. The zero-order valence-electron chi connectivity index (χ0n) is 18.3. The van der Waals surface area contributed by atoms with Crippen LogP contribution in [0.3, 0.4) is 0 Å². The summed E-state index contributed by atoms with van der Waals surface area (Å²) < 4.78 is 26.4. The van der Waals surface area contributed by atoms with E-state index in [-0.39, 0.29) is 24.4 Å². The van der Waals surface area contributed by atoms with Gasteiger partial charge in [-0.05, 0) is 55.7 Å². The molecule has 7 nitrogen and oxygen atoms in total. The van der Waals surface area contributed by atoms with Gasteiger partial charge in [0.05, 0.1) is 23.2 Å². The predicted octanol–water partition coefficient (Wildman–Crippen LogP) is 3.40. The van der Waals surface area contributed by atoms with Crippen molar-refractivity contribution < 1.29 is 18.0 Å². The number of anilines is 2. The van der Waals surface area contributed by atoms with E-state index in [1.165, 1.54) is 0 Å². The van der Waals surface area contributed by atoms with Crippen LogP contribution in [0.1, 0.15) is 34.8 Å². The molecule has 0 spiro atoms. The normalized spacial score (nSPS) is 12.0. The van der Waals surface area contributed by atoms with Gasteiger partial charge >= 0.3 is 0 Å². The van der Waals surface area contributed by atoms with E-state index in [9.17, 15) is 18.0 Å². The maximum atomic E-state index is 13.2. The van der Waals surface area contributed by atoms with E-state index in [0.29, 0.717) is 11.4 Å². The molecule has 0 heterocycles. The summed E-state index contributed by atoms with van der Waals surface area (Å²) in [6.45, 7) is 9.41. The third-order valence-corrected chi connectivity index (χ3v) is 6.09. The Balaban J connectivity index is 2.40. The third kappa shape index (κ3) is 5.95. The van der Waals surface area contributed by atoms with E-state index in [1.54, 1.807) is 49.4 Å². The zero-order chi connectivity index (χ0) is 23.2. The molecule has 0 fully saturated rings. The minimum absolute atomic E-state index is 0.247. The summed E-state index contributed by atoms with van der Waals surface area (Å²) in [5, 5.41) is 5.41. The molecule has 0 unspecified atom stereocenters. The lowest BCUT2D eigenvalue weighted by Gasteiger charge is -2.30. The van der Waals surface area contributed by atoms with Crippen LogP contribution in [0.15, 0.2) is 55.1 Å². The molecule has 0 aromatic heterocycles. The summed E-state index contributed by atoms with van der Waals surface area (Å²) in [6, 6.07) is 10.9. The van der Waals surface area contributed by atoms with Crippen LogP contribution in [-0.4, -0.2) is 39.1 Å². The van der Waals surface area contributed by atoms with Crippen LogP contribution in [0.25, 0.3) is 0 Å². The molecule has 0 aliphatic heterocycles. The fraction of sp³-hybridized carbons (Fsp3) is 0.304. The molecule has 1 atom stereocenters. The summed E-state index contributed by atoms with van der Waals surface area (Å²) in [7, 11) is -3.75. The molecule has 2 N–H and O–H groups in total. The molecule has 2 aromatic carbocycles. The second-order valence-corrected chi connectivity index (χ2v) is 9.14. The molecule has 31 heavy (non-hydrogen) atoms. The standard InChI is InChI=1S/C23H29N3O4S/c1-6-14-24-22(27)19-10-8-9-11-20(19)25-23(28)21(7-2)26(31(5,29)30)18-13-12-16(3)17(4)15-18/h6,8-13,15,21H,1,7,14H2,2-5H3,(H,24,27)(H,25,28)/t21-/m0/s1. The molecule has 2 rings (SSSR count). The highest BCUT2D eigenvalue weighted by Gasteiger charge is 2.32. The number of benzene rings is 2. The number of carbonyl (C=O) groups is 2. The summed E-state index contributed by atoms with van der Waals surface area (Å²) >= 11 is 0. The van der Waals surface area contributed by atoms with Gasteiger partial charge in [-0.15, -0.1) is 6.58 Å². The molecule has 0 aliphatic rings. The molecule has 0 bridgehead atoms. The van der Waals surface area contributed by atoms with Crippen LogP contribution in [0.2, 0.25) is 0 Å². The van der Waals surface area contributed by atoms with E-state index in [0.717, 1.165) is 21.7 Å². The Labute approximate surface area is 184 Å². The van der Waals surface area contributed by atoms with Gasteiger partial charge in [0.15, 0.2) is 0 Å².